The molecule has 3 aromatic carbocycles. The van der Waals surface area contributed by atoms with Crippen molar-refractivity contribution in [1.29, 1.82) is 5.26 Å². The second-order valence-electron chi connectivity index (χ2n) is 7.18. The van der Waals surface area contributed by atoms with Crippen molar-refractivity contribution in [3.63, 3.8) is 0 Å². The molecule has 0 spiro atoms. The van der Waals surface area contributed by atoms with Crippen LogP contribution in [0.15, 0.2) is 77.2 Å². The lowest BCUT2D eigenvalue weighted by molar-refractivity contribution is -0.384. The molecule has 3 aromatic rings. The number of nitro benzene ring substituents is 1. The van der Waals surface area contributed by atoms with Crippen molar-refractivity contribution in [3.05, 3.63) is 93.5 Å². The van der Waals surface area contributed by atoms with E-state index in [0.717, 1.165) is 11.6 Å². The lowest BCUT2D eigenvalue weighted by Crippen LogP contribution is -2.14. The summed E-state index contributed by atoms with van der Waals surface area (Å²) in [5, 5.41) is 23.1. The molecule has 3 rings (SSSR count). The van der Waals surface area contributed by atoms with Crippen LogP contribution in [0, 0.1) is 28.4 Å². The van der Waals surface area contributed by atoms with E-state index in [-0.39, 0.29) is 27.7 Å². The van der Waals surface area contributed by atoms with Gasteiger partial charge in [0.05, 0.1) is 18.1 Å². The third-order valence-corrected chi connectivity index (χ3v) is 5.98. The first kappa shape index (κ1) is 24.9. The van der Waals surface area contributed by atoms with Crippen LogP contribution in [0.1, 0.15) is 11.1 Å². The smallest absolute Gasteiger partial charge is 0.339 e. The van der Waals surface area contributed by atoms with Gasteiger partial charge in [0.25, 0.3) is 11.6 Å². The molecule has 0 atom stereocenters. The lowest BCUT2D eigenvalue weighted by Gasteiger charge is -2.08. The van der Waals surface area contributed by atoms with E-state index in [0.29, 0.717) is 5.56 Å². The molecular weight excluding hydrogens is 474 g/mol. The standard InChI is InChI=1S/C24H19N3O7S/c1-16-3-10-21(11-4-16)35(31,32)34-19-7-5-17(6-8-19)13-18(15-25)24(28)26-22-12-9-20(33-2)14-23(22)27(29)30/h3-14H,1-2H3,(H,26,28)/b18-13+. The number of nitriles is 1. The van der Waals surface area contributed by atoms with Gasteiger partial charge in [-0.15, -0.1) is 0 Å². The van der Waals surface area contributed by atoms with Crippen molar-refractivity contribution in [2.75, 3.05) is 12.4 Å². The monoisotopic (exact) mass is 493 g/mol. The molecule has 0 saturated carbocycles. The van der Waals surface area contributed by atoms with E-state index in [1.165, 1.54) is 61.7 Å². The van der Waals surface area contributed by atoms with Gasteiger partial charge in [-0.05, 0) is 55.0 Å². The number of aryl methyl sites for hydroxylation is 1. The number of hydrogen-bond donors (Lipinski definition) is 1. The highest BCUT2D eigenvalue weighted by molar-refractivity contribution is 7.87. The minimum absolute atomic E-state index is 0.00290. The van der Waals surface area contributed by atoms with E-state index >= 15 is 0 Å². The second kappa shape index (κ2) is 10.5. The van der Waals surface area contributed by atoms with Gasteiger partial charge in [-0.3, -0.25) is 14.9 Å². The number of nitrogens with zero attached hydrogens (tertiary/aromatic N) is 2. The zero-order chi connectivity index (χ0) is 25.6. The number of carbonyl (C=O) groups excluding carboxylic acids is 1. The molecule has 1 N–H and O–H groups in total. The number of hydrogen-bond acceptors (Lipinski definition) is 8. The van der Waals surface area contributed by atoms with Crippen LogP contribution in [0.25, 0.3) is 6.08 Å². The fourth-order valence-corrected chi connectivity index (χ4v) is 3.83. The van der Waals surface area contributed by atoms with Gasteiger partial charge >= 0.3 is 10.1 Å². The van der Waals surface area contributed by atoms with Gasteiger partial charge in [0.1, 0.15) is 33.7 Å². The minimum Gasteiger partial charge on any atom is -0.496 e. The number of methoxy groups -OCH3 is 1. The Hall–Kier alpha value is -4.69. The van der Waals surface area contributed by atoms with Crippen LogP contribution in [0.3, 0.4) is 0 Å². The van der Waals surface area contributed by atoms with E-state index in [1.54, 1.807) is 18.2 Å². The molecule has 0 fully saturated rings. The van der Waals surface area contributed by atoms with Crippen molar-refractivity contribution in [1.82, 2.24) is 0 Å². The molecule has 0 aliphatic heterocycles. The largest absolute Gasteiger partial charge is 0.496 e. The molecule has 0 bridgehead atoms. The molecule has 0 saturated heterocycles. The van der Waals surface area contributed by atoms with E-state index in [2.05, 4.69) is 5.32 Å². The highest BCUT2D eigenvalue weighted by Crippen LogP contribution is 2.29. The maximum absolute atomic E-state index is 12.6. The first-order valence-corrected chi connectivity index (χ1v) is 11.4. The average Bonchev–Trinajstić information content (AvgIpc) is 2.83. The normalized spacial score (nSPS) is 11.3. The molecule has 0 heterocycles. The molecule has 11 heteroatoms. The topological polar surface area (TPSA) is 149 Å². The first-order chi connectivity index (χ1) is 16.6. The first-order valence-electron chi connectivity index (χ1n) is 10.00. The minimum atomic E-state index is -4.03. The molecule has 1 amide bonds. The van der Waals surface area contributed by atoms with Gasteiger partial charge in [0.15, 0.2) is 0 Å². The van der Waals surface area contributed by atoms with Crippen molar-refractivity contribution in [3.8, 4) is 17.6 Å². The van der Waals surface area contributed by atoms with Gasteiger partial charge in [0.2, 0.25) is 0 Å². The van der Waals surface area contributed by atoms with E-state index in [4.69, 9.17) is 8.92 Å². The van der Waals surface area contributed by atoms with Crippen LogP contribution in [0.5, 0.6) is 11.5 Å². The van der Waals surface area contributed by atoms with E-state index in [9.17, 15) is 28.6 Å². The molecule has 0 aromatic heterocycles. The highest BCUT2D eigenvalue weighted by atomic mass is 32.2. The van der Waals surface area contributed by atoms with Gasteiger partial charge in [-0.2, -0.15) is 13.7 Å². The molecule has 10 nitrogen and oxygen atoms in total. The Kier molecular flexibility index (Phi) is 7.48. The Morgan fingerprint density at radius 3 is 2.26 bits per heavy atom. The number of ether oxygens (including phenoxy) is 1. The third-order valence-electron chi connectivity index (χ3n) is 4.72. The number of rotatable bonds is 8. The van der Waals surface area contributed by atoms with Gasteiger partial charge in [-0.1, -0.05) is 29.8 Å². The summed E-state index contributed by atoms with van der Waals surface area (Å²) in [5.74, 6) is -0.583. The van der Waals surface area contributed by atoms with Crippen molar-refractivity contribution in [2.45, 2.75) is 11.8 Å². The van der Waals surface area contributed by atoms with Crippen molar-refractivity contribution in [2.24, 2.45) is 0 Å². The summed E-state index contributed by atoms with van der Waals surface area (Å²) in [4.78, 5) is 23.2. The summed E-state index contributed by atoms with van der Waals surface area (Å²) in [6.07, 6.45) is 1.25. The van der Waals surface area contributed by atoms with Crippen LogP contribution in [0.2, 0.25) is 0 Å². The Morgan fingerprint density at radius 1 is 1.06 bits per heavy atom. The number of carbonyl (C=O) groups is 1. The summed E-state index contributed by atoms with van der Waals surface area (Å²) in [5.41, 5.74) is 0.481. The Bertz CT molecular complexity index is 1440. The highest BCUT2D eigenvalue weighted by Gasteiger charge is 2.20. The fourth-order valence-electron chi connectivity index (χ4n) is 2.90. The molecular formula is C24H19N3O7S. The van der Waals surface area contributed by atoms with Crippen LogP contribution >= 0.6 is 0 Å². The predicted octanol–water partition coefficient (Wildman–Crippen LogP) is 4.23. The zero-order valence-corrected chi connectivity index (χ0v) is 19.4. The van der Waals surface area contributed by atoms with E-state index in [1.807, 2.05) is 6.92 Å². The molecule has 35 heavy (non-hydrogen) atoms. The number of nitro groups is 1. The fraction of sp³-hybridized carbons (Fsp3) is 0.0833. The van der Waals surface area contributed by atoms with Crippen LogP contribution < -0.4 is 14.2 Å². The van der Waals surface area contributed by atoms with Crippen LogP contribution in [-0.4, -0.2) is 26.4 Å². The molecule has 0 aliphatic carbocycles. The van der Waals surface area contributed by atoms with Gasteiger partial charge < -0.3 is 14.2 Å². The average molecular weight is 493 g/mol. The molecule has 178 valence electrons. The Labute approximate surface area is 201 Å². The zero-order valence-electron chi connectivity index (χ0n) is 18.6. The Balaban J connectivity index is 1.77. The third kappa shape index (κ3) is 6.21. The number of benzene rings is 3. The number of amides is 1. The summed E-state index contributed by atoms with van der Waals surface area (Å²) in [6, 6.07) is 17.5. The SMILES string of the molecule is COc1ccc(NC(=O)/C(C#N)=C/c2ccc(OS(=O)(=O)c3ccc(C)cc3)cc2)c([N+](=O)[O-])c1. The second-order valence-corrected chi connectivity index (χ2v) is 8.73. The maximum Gasteiger partial charge on any atom is 0.339 e. The Morgan fingerprint density at radius 2 is 1.69 bits per heavy atom. The van der Waals surface area contributed by atoms with Gasteiger partial charge in [0, 0.05) is 0 Å². The quantitative estimate of drug-likeness (QED) is 0.161. The van der Waals surface area contributed by atoms with Crippen LogP contribution in [-0.2, 0) is 14.9 Å². The van der Waals surface area contributed by atoms with Crippen molar-refractivity contribution < 1.29 is 27.1 Å². The van der Waals surface area contributed by atoms with E-state index < -0.39 is 26.6 Å². The summed E-state index contributed by atoms with van der Waals surface area (Å²) in [6.45, 7) is 1.83. The van der Waals surface area contributed by atoms with Gasteiger partial charge in [-0.25, -0.2) is 0 Å². The molecule has 0 radical (unpaired) electrons. The maximum atomic E-state index is 12.6. The number of nitrogens with one attached hydrogen (secondary N) is 1. The molecule has 0 unspecified atom stereocenters. The lowest BCUT2D eigenvalue weighted by atomic mass is 10.1. The molecule has 0 aliphatic rings. The summed E-state index contributed by atoms with van der Waals surface area (Å²) >= 11 is 0. The summed E-state index contributed by atoms with van der Waals surface area (Å²) in [7, 11) is -2.68. The predicted molar refractivity (Wildman–Crippen MR) is 127 cm³/mol. The van der Waals surface area contributed by atoms with Crippen LogP contribution in [0.4, 0.5) is 11.4 Å². The number of anilines is 1. The van der Waals surface area contributed by atoms with Crippen molar-refractivity contribution >= 4 is 33.5 Å². The summed E-state index contributed by atoms with van der Waals surface area (Å²) < 4.78 is 34.9.